The molecule has 220 valence electrons. The van der Waals surface area contributed by atoms with Crippen LogP contribution < -0.4 is 15.7 Å². The van der Waals surface area contributed by atoms with Crippen molar-refractivity contribution in [3.8, 4) is 11.5 Å². The molecule has 2 N–H and O–H groups in total. The lowest BCUT2D eigenvalue weighted by Gasteiger charge is -2.39. The summed E-state index contributed by atoms with van der Waals surface area (Å²) in [5, 5.41) is 2.77. The largest absolute Gasteiger partial charge is 0.427 e. The number of hydroxylamine groups is 1. The molecule has 10 nitrogen and oxygen atoms in total. The van der Waals surface area contributed by atoms with E-state index in [1.807, 2.05) is 6.20 Å². The van der Waals surface area contributed by atoms with Gasteiger partial charge in [-0.3, -0.25) is 10.3 Å². The number of fused-ring (bicyclic) bond motifs is 1. The topological polar surface area (TPSA) is 110 Å². The van der Waals surface area contributed by atoms with Crippen molar-refractivity contribution in [2.45, 2.75) is 104 Å². The number of aromatic nitrogens is 5. The maximum Gasteiger partial charge on any atom is 0.427 e. The molecule has 3 aliphatic rings. The Bertz CT molecular complexity index is 1390. The Hall–Kier alpha value is -3.27. The molecule has 0 bridgehead atoms. The van der Waals surface area contributed by atoms with E-state index >= 15 is 0 Å². The zero-order valence-corrected chi connectivity index (χ0v) is 25.1. The van der Waals surface area contributed by atoms with Gasteiger partial charge in [-0.25, -0.2) is 19.7 Å². The van der Waals surface area contributed by atoms with Crippen LogP contribution in [0.4, 0.5) is 10.6 Å². The lowest BCUT2D eigenvalue weighted by atomic mass is 9.80. The fourth-order valence-electron chi connectivity index (χ4n) is 6.65. The van der Waals surface area contributed by atoms with E-state index in [2.05, 4.69) is 67.0 Å². The van der Waals surface area contributed by atoms with Gasteiger partial charge >= 0.3 is 6.09 Å². The Morgan fingerprint density at radius 3 is 2.51 bits per heavy atom. The Kier molecular flexibility index (Phi) is 7.85. The van der Waals surface area contributed by atoms with Crippen molar-refractivity contribution in [2.24, 2.45) is 17.8 Å². The summed E-state index contributed by atoms with van der Waals surface area (Å²) in [5.74, 6) is 4.52. The number of imidazole rings is 1. The standard InChI is InChI=1S/C31H44N8O2/c1-6-38(20(5)22-8-7-9-22)30-25-26(33-27(35-30)28-36-31(40)41-37-28)34-29(24-16-23(18(2)3)14-15-32-24)39(25)17-21-12-10-19(4)11-13-21/h14-16,18-22,28,37H,6-13,17H2,1-5H3,(H,36,40)/t19?,20-,21?,28?/m1/s1. The highest BCUT2D eigenvalue weighted by atomic mass is 16.7. The average molecular weight is 561 g/mol. The molecular weight excluding hydrogens is 516 g/mol. The van der Waals surface area contributed by atoms with Gasteiger partial charge in [0, 0.05) is 25.3 Å². The molecule has 1 amide bonds. The molecule has 2 atom stereocenters. The number of nitrogens with one attached hydrogen (secondary N) is 2. The van der Waals surface area contributed by atoms with E-state index in [0.29, 0.717) is 35.3 Å². The molecule has 41 heavy (non-hydrogen) atoms. The van der Waals surface area contributed by atoms with E-state index in [-0.39, 0.29) is 0 Å². The van der Waals surface area contributed by atoms with Crippen LogP contribution in [0.5, 0.6) is 0 Å². The van der Waals surface area contributed by atoms with Crippen LogP contribution in [0.1, 0.15) is 103 Å². The number of hydrogen-bond donors (Lipinski definition) is 2. The third-order valence-electron chi connectivity index (χ3n) is 9.58. The molecule has 10 heteroatoms. The quantitative estimate of drug-likeness (QED) is 0.323. The summed E-state index contributed by atoms with van der Waals surface area (Å²) in [5.41, 5.74) is 6.41. The fraction of sp³-hybridized carbons (Fsp3) is 0.645. The van der Waals surface area contributed by atoms with Gasteiger partial charge in [-0.1, -0.05) is 40.0 Å². The number of carbonyl (C=O) groups excluding carboxylic acids is 1. The molecule has 3 aromatic rings. The molecule has 4 heterocycles. The molecule has 1 saturated heterocycles. The molecule has 6 rings (SSSR count). The Morgan fingerprint density at radius 1 is 1.10 bits per heavy atom. The van der Waals surface area contributed by atoms with Crippen LogP contribution in [-0.2, 0) is 11.4 Å². The summed E-state index contributed by atoms with van der Waals surface area (Å²) in [6.45, 7) is 13.0. The minimum atomic E-state index is -0.640. The van der Waals surface area contributed by atoms with Crippen LogP contribution in [0.2, 0.25) is 0 Å². The minimum Gasteiger partial charge on any atom is -0.352 e. The van der Waals surface area contributed by atoms with Crippen molar-refractivity contribution < 1.29 is 9.63 Å². The zero-order chi connectivity index (χ0) is 28.7. The van der Waals surface area contributed by atoms with Crippen LogP contribution >= 0.6 is 0 Å². The van der Waals surface area contributed by atoms with Crippen LogP contribution in [0.25, 0.3) is 22.7 Å². The minimum absolute atomic E-state index is 0.326. The molecular formula is C31H44N8O2. The number of amides is 1. The van der Waals surface area contributed by atoms with E-state index in [1.54, 1.807) is 0 Å². The zero-order valence-electron chi connectivity index (χ0n) is 25.1. The van der Waals surface area contributed by atoms with Crippen molar-refractivity contribution in [2.75, 3.05) is 11.4 Å². The van der Waals surface area contributed by atoms with E-state index in [0.717, 1.165) is 41.9 Å². The normalized spacial score (nSPS) is 23.9. The lowest BCUT2D eigenvalue weighted by molar-refractivity contribution is 0.120. The molecule has 1 aliphatic heterocycles. The first kappa shape index (κ1) is 27.9. The summed E-state index contributed by atoms with van der Waals surface area (Å²) in [6.07, 6.45) is 9.41. The van der Waals surface area contributed by atoms with E-state index in [4.69, 9.17) is 24.8 Å². The fourth-order valence-corrected chi connectivity index (χ4v) is 6.65. The molecule has 0 aromatic carbocycles. The second-order valence-corrected chi connectivity index (χ2v) is 12.7. The Labute approximate surface area is 242 Å². The third kappa shape index (κ3) is 5.50. The van der Waals surface area contributed by atoms with E-state index in [1.165, 1.54) is 50.5 Å². The summed E-state index contributed by atoms with van der Waals surface area (Å²) < 4.78 is 2.36. The Morgan fingerprint density at radius 2 is 1.88 bits per heavy atom. The predicted octanol–water partition coefficient (Wildman–Crippen LogP) is 6.10. The monoisotopic (exact) mass is 560 g/mol. The molecule has 3 fully saturated rings. The molecule has 1 unspecified atom stereocenters. The first-order valence-corrected chi connectivity index (χ1v) is 15.6. The molecule has 2 saturated carbocycles. The van der Waals surface area contributed by atoms with Crippen molar-refractivity contribution in [1.29, 1.82) is 0 Å². The first-order valence-electron chi connectivity index (χ1n) is 15.6. The molecule has 0 radical (unpaired) electrons. The summed E-state index contributed by atoms with van der Waals surface area (Å²) in [6, 6.07) is 4.58. The molecule has 0 spiro atoms. The van der Waals surface area contributed by atoms with Crippen molar-refractivity contribution in [3.05, 3.63) is 29.7 Å². The maximum absolute atomic E-state index is 11.9. The number of carbonyl (C=O) groups is 1. The van der Waals surface area contributed by atoms with Crippen molar-refractivity contribution >= 4 is 23.1 Å². The highest BCUT2D eigenvalue weighted by Gasteiger charge is 2.34. The van der Waals surface area contributed by atoms with Crippen molar-refractivity contribution in [1.82, 2.24) is 35.3 Å². The van der Waals surface area contributed by atoms with Crippen LogP contribution in [0.3, 0.4) is 0 Å². The van der Waals surface area contributed by atoms with Gasteiger partial charge in [0.1, 0.15) is 11.2 Å². The predicted molar refractivity (Wildman–Crippen MR) is 159 cm³/mol. The third-order valence-corrected chi connectivity index (χ3v) is 9.58. The smallest absolute Gasteiger partial charge is 0.352 e. The number of pyridine rings is 1. The molecule has 2 aliphatic carbocycles. The number of nitrogens with zero attached hydrogens (tertiary/aromatic N) is 6. The van der Waals surface area contributed by atoms with Crippen LogP contribution in [0, 0.1) is 17.8 Å². The van der Waals surface area contributed by atoms with Crippen LogP contribution in [0.15, 0.2) is 18.3 Å². The Balaban J connectivity index is 1.54. The van der Waals surface area contributed by atoms with Gasteiger partial charge in [-0.15, -0.1) is 5.48 Å². The van der Waals surface area contributed by atoms with E-state index in [9.17, 15) is 4.79 Å². The second kappa shape index (κ2) is 11.5. The number of hydrogen-bond acceptors (Lipinski definition) is 8. The summed E-state index contributed by atoms with van der Waals surface area (Å²) in [4.78, 5) is 39.3. The van der Waals surface area contributed by atoms with Crippen LogP contribution in [-0.4, -0.2) is 43.2 Å². The van der Waals surface area contributed by atoms with E-state index < -0.39 is 12.3 Å². The second-order valence-electron chi connectivity index (χ2n) is 12.7. The highest BCUT2D eigenvalue weighted by Crippen LogP contribution is 2.39. The van der Waals surface area contributed by atoms with Crippen molar-refractivity contribution in [3.63, 3.8) is 0 Å². The maximum atomic E-state index is 11.9. The van der Waals surface area contributed by atoms with Gasteiger partial charge in [0.05, 0.1) is 0 Å². The van der Waals surface area contributed by atoms with Gasteiger partial charge in [0.2, 0.25) is 0 Å². The number of anilines is 1. The summed E-state index contributed by atoms with van der Waals surface area (Å²) in [7, 11) is 0. The van der Waals surface area contributed by atoms with Gasteiger partial charge in [-0.05, 0) is 80.9 Å². The van der Waals surface area contributed by atoms with Gasteiger partial charge < -0.3 is 14.3 Å². The lowest BCUT2D eigenvalue weighted by Crippen LogP contribution is -2.42. The number of rotatable bonds is 9. The van der Waals surface area contributed by atoms with Gasteiger partial charge in [0.25, 0.3) is 0 Å². The molecule has 3 aromatic heterocycles. The highest BCUT2D eigenvalue weighted by molar-refractivity contribution is 5.87. The average Bonchev–Trinajstić information content (AvgIpc) is 3.53. The SMILES string of the molecule is CCN(c1nc(C2NOC(=O)N2)nc2nc(-c3cc(C(C)C)ccn3)n(CC3CCC(C)CC3)c12)[C@H](C)C1CCC1. The first-order chi connectivity index (χ1) is 19.8. The van der Waals surface area contributed by atoms with Gasteiger partial charge in [0.15, 0.2) is 29.3 Å². The summed E-state index contributed by atoms with van der Waals surface area (Å²) >= 11 is 0. The van der Waals surface area contributed by atoms with Gasteiger partial charge in [-0.2, -0.15) is 0 Å².